The predicted octanol–water partition coefficient (Wildman–Crippen LogP) is 0.362. The number of sulfone groups is 1. The van der Waals surface area contributed by atoms with Crippen LogP contribution in [0.3, 0.4) is 0 Å². The maximum absolute atomic E-state index is 11.4. The Bertz CT molecular complexity index is 565. The van der Waals surface area contributed by atoms with Crippen LogP contribution < -0.4 is 5.32 Å². The Morgan fingerprint density at radius 2 is 2.18 bits per heavy atom. The van der Waals surface area contributed by atoms with E-state index in [-0.39, 0.29) is 4.90 Å². The van der Waals surface area contributed by atoms with Crippen LogP contribution in [-0.2, 0) is 21.1 Å². The van der Waals surface area contributed by atoms with Crippen molar-refractivity contribution in [1.82, 2.24) is 5.32 Å². The number of rotatable bonds is 2. The van der Waals surface area contributed by atoms with E-state index in [1.807, 2.05) is 0 Å². The molecule has 0 fully saturated rings. The molecule has 1 atom stereocenters. The molecule has 0 bridgehead atoms. The first-order valence-corrected chi connectivity index (χ1v) is 7.08. The van der Waals surface area contributed by atoms with Crippen LogP contribution in [0.2, 0.25) is 0 Å². The van der Waals surface area contributed by atoms with Gasteiger partial charge in [0.2, 0.25) is 0 Å². The number of carbonyl (C=O) groups is 1. The van der Waals surface area contributed by atoms with Crippen LogP contribution in [-0.4, -0.2) is 32.3 Å². The molecule has 92 valence electrons. The molecule has 0 aliphatic carbocycles. The Hall–Kier alpha value is -1.40. The molecular weight excluding hydrogens is 242 g/mol. The fourth-order valence-corrected chi connectivity index (χ4v) is 2.66. The van der Waals surface area contributed by atoms with E-state index in [2.05, 4.69) is 5.32 Å². The molecular formula is C11H13NO4S. The Labute approximate surface area is 99.4 Å². The van der Waals surface area contributed by atoms with Crippen LogP contribution in [0.25, 0.3) is 0 Å². The third-order valence-electron chi connectivity index (χ3n) is 2.84. The van der Waals surface area contributed by atoms with Crippen LogP contribution in [0.5, 0.6) is 0 Å². The topological polar surface area (TPSA) is 83.5 Å². The largest absolute Gasteiger partial charge is 0.480 e. The molecule has 1 aromatic carbocycles. The fourth-order valence-electron chi connectivity index (χ4n) is 1.99. The van der Waals surface area contributed by atoms with Crippen molar-refractivity contribution in [1.29, 1.82) is 0 Å². The van der Waals surface area contributed by atoms with E-state index in [1.54, 1.807) is 12.1 Å². The van der Waals surface area contributed by atoms with E-state index in [9.17, 15) is 13.2 Å². The zero-order chi connectivity index (χ0) is 12.6. The third-order valence-corrected chi connectivity index (χ3v) is 3.95. The lowest BCUT2D eigenvalue weighted by molar-refractivity contribution is -0.139. The van der Waals surface area contributed by atoms with Crippen molar-refractivity contribution in [3.63, 3.8) is 0 Å². The molecule has 1 heterocycles. The minimum Gasteiger partial charge on any atom is -0.480 e. The second-order valence-corrected chi connectivity index (χ2v) is 6.12. The second kappa shape index (κ2) is 4.12. The number of benzene rings is 1. The Balaban J connectivity index is 2.51. The molecule has 1 aromatic rings. The van der Waals surface area contributed by atoms with E-state index in [0.717, 1.165) is 11.8 Å². The summed E-state index contributed by atoms with van der Waals surface area (Å²) in [6, 6.07) is 3.86. The average molecular weight is 255 g/mol. The van der Waals surface area contributed by atoms with Crippen molar-refractivity contribution in [3.8, 4) is 0 Å². The summed E-state index contributed by atoms with van der Waals surface area (Å²) in [6.07, 6.45) is 1.78. The smallest absolute Gasteiger partial charge is 0.325 e. The van der Waals surface area contributed by atoms with Crippen molar-refractivity contribution < 1.29 is 18.3 Å². The lowest BCUT2D eigenvalue weighted by Crippen LogP contribution is -2.35. The summed E-state index contributed by atoms with van der Waals surface area (Å²) in [6.45, 7) is 0.539. The standard InChI is InChI=1S/C11H13NO4S/c1-17(15,16)8-2-3-9-7(6-8)4-5-12-10(9)11(13)14/h2-3,6,10,12H,4-5H2,1H3,(H,13,14)/t10-/m0/s1. The number of fused-ring (bicyclic) bond motifs is 1. The number of aliphatic carboxylic acids is 1. The predicted molar refractivity (Wildman–Crippen MR) is 61.6 cm³/mol. The molecule has 17 heavy (non-hydrogen) atoms. The zero-order valence-electron chi connectivity index (χ0n) is 9.30. The molecule has 0 spiro atoms. The molecule has 0 saturated carbocycles. The van der Waals surface area contributed by atoms with Gasteiger partial charge in [0.15, 0.2) is 9.84 Å². The lowest BCUT2D eigenvalue weighted by atomic mass is 9.94. The van der Waals surface area contributed by atoms with Crippen LogP contribution in [0.4, 0.5) is 0 Å². The number of hydrogen-bond acceptors (Lipinski definition) is 4. The van der Waals surface area contributed by atoms with Gasteiger partial charge < -0.3 is 10.4 Å². The van der Waals surface area contributed by atoms with Crippen LogP contribution >= 0.6 is 0 Å². The molecule has 0 amide bonds. The van der Waals surface area contributed by atoms with Gasteiger partial charge in [0.1, 0.15) is 6.04 Å². The SMILES string of the molecule is CS(=O)(=O)c1ccc2c(c1)CCN[C@@H]2C(=O)O. The summed E-state index contributed by atoms with van der Waals surface area (Å²) in [5.74, 6) is -0.946. The minimum atomic E-state index is -3.24. The van der Waals surface area contributed by atoms with Crippen molar-refractivity contribution in [2.24, 2.45) is 0 Å². The number of nitrogens with one attached hydrogen (secondary N) is 1. The molecule has 0 aromatic heterocycles. The van der Waals surface area contributed by atoms with Gasteiger partial charge in [0, 0.05) is 12.8 Å². The van der Waals surface area contributed by atoms with Crippen molar-refractivity contribution >= 4 is 15.8 Å². The van der Waals surface area contributed by atoms with E-state index in [1.165, 1.54) is 6.07 Å². The first-order valence-electron chi connectivity index (χ1n) is 5.18. The number of hydrogen-bond donors (Lipinski definition) is 2. The molecule has 0 radical (unpaired) electrons. The maximum atomic E-state index is 11.4. The average Bonchev–Trinajstić information content (AvgIpc) is 2.26. The summed E-state index contributed by atoms with van der Waals surface area (Å²) >= 11 is 0. The fraction of sp³-hybridized carbons (Fsp3) is 0.364. The van der Waals surface area contributed by atoms with Gasteiger partial charge in [-0.2, -0.15) is 0 Å². The molecule has 0 saturated heterocycles. The highest BCUT2D eigenvalue weighted by atomic mass is 32.2. The second-order valence-electron chi connectivity index (χ2n) is 4.11. The molecule has 1 aliphatic heterocycles. The van der Waals surface area contributed by atoms with E-state index >= 15 is 0 Å². The molecule has 5 nitrogen and oxygen atoms in total. The highest BCUT2D eigenvalue weighted by Gasteiger charge is 2.26. The molecule has 1 aliphatic rings. The summed E-state index contributed by atoms with van der Waals surface area (Å²) in [7, 11) is -3.24. The highest BCUT2D eigenvalue weighted by molar-refractivity contribution is 7.90. The van der Waals surface area contributed by atoms with Gasteiger partial charge in [-0.15, -0.1) is 0 Å². The van der Waals surface area contributed by atoms with Gasteiger partial charge in [0.05, 0.1) is 4.90 Å². The van der Waals surface area contributed by atoms with Crippen LogP contribution in [0, 0.1) is 0 Å². The molecule has 2 rings (SSSR count). The number of carboxylic acid groups (broad SMARTS) is 1. The van der Waals surface area contributed by atoms with Crippen LogP contribution in [0.1, 0.15) is 17.2 Å². The summed E-state index contributed by atoms with van der Waals surface area (Å²) < 4.78 is 22.8. The van der Waals surface area contributed by atoms with Crippen molar-refractivity contribution in [3.05, 3.63) is 29.3 Å². The van der Waals surface area contributed by atoms with Crippen molar-refractivity contribution in [2.45, 2.75) is 17.4 Å². The molecule has 2 N–H and O–H groups in total. The summed E-state index contributed by atoms with van der Waals surface area (Å²) in [4.78, 5) is 11.3. The quantitative estimate of drug-likeness (QED) is 0.797. The Morgan fingerprint density at radius 1 is 1.47 bits per heavy atom. The summed E-state index contributed by atoms with van der Waals surface area (Å²) in [5, 5.41) is 11.9. The van der Waals surface area contributed by atoms with Gasteiger partial charge in [-0.25, -0.2) is 8.42 Å². The molecule has 0 unspecified atom stereocenters. The minimum absolute atomic E-state index is 0.238. The zero-order valence-corrected chi connectivity index (χ0v) is 10.1. The third kappa shape index (κ3) is 2.32. The van der Waals surface area contributed by atoms with Gasteiger partial charge >= 0.3 is 5.97 Å². The van der Waals surface area contributed by atoms with E-state index < -0.39 is 21.8 Å². The first-order chi connectivity index (χ1) is 7.89. The van der Waals surface area contributed by atoms with Gasteiger partial charge in [-0.3, -0.25) is 4.79 Å². The maximum Gasteiger partial charge on any atom is 0.325 e. The highest BCUT2D eigenvalue weighted by Crippen LogP contribution is 2.25. The summed E-state index contributed by atoms with van der Waals surface area (Å²) in [5.41, 5.74) is 1.44. The van der Waals surface area contributed by atoms with E-state index in [0.29, 0.717) is 18.5 Å². The lowest BCUT2D eigenvalue weighted by Gasteiger charge is -2.24. The monoisotopic (exact) mass is 255 g/mol. The van der Waals surface area contributed by atoms with Gasteiger partial charge in [0.25, 0.3) is 0 Å². The van der Waals surface area contributed by atoms with Gasteiger partial charge in [-0.1, -0.05) is 6.07 Å². The van der Waals surface area contributed by atoms with Gasteiger partial charge in [-0.05, 0) is 29.7 Å². The first kappa shape index (κ1) is 12.1. The number of carboxylic acids is 1. The Morgan fingerprint density at radius 3 is 2.76 bits per heavy atom. The van der Waals surface area contributed by atoms with Crippen molar-refractivity contribution in [2.75, 3.05) is 12.8 Å². The molecule has 6 heteroatoms. The van der Waals surface area contributed by atoms with Crippen LogP contribution in [0.15, 0.2) is 23.1 Å². The normalized spacial score (nSPS) is 19.7. The van der Waals surface area contributed by atoms with E-state index in [4.69, 9.17) is 5.11 Å². The Kier molecular flexibility index (Phi) is 2.92.